The van der Waals surface area contributed by atoms with Crippen molar-refractivity contribution >= 4 is 33.3 Å². The van der Waals surface area contributed by atoms with Crippen molar-refractivity contribution < 1.29 is 5.11 Å². The van der Waals surface area contributed by atoms with E-state index in [9.17, 15) is 10.4 Å². The topological polar surface area (TPSA) is 56.4 Å². The minimum Gasteiger partial charge on any atom is -0.507 e. The molecule has 1 aliphatic carbocycles. The third-order valence-electron chi connectivity index (χ3n) is 4.52. The molecule has 0 atom stereocenters. The van der Waals surface area contributed by atoms with Gasteiger partial charge >= 0.3 is 0 Å². The number of phenolic OH excluding ortho intramolecular Hbond substituents is 1. The van der Waals surface area contributed by atoms with Gasteiger partial charge in [0.05, 0.1) is 5.56 Å². The Morgan fingerprint density at radius 3 is 2.83 bits per heavy atom. The second-order valence-corrected chi connectivity index (χ2v) is 7.06. The number of hydrogen-bond acceptors (Lipinski definition) is 4. The summed E-state index contributed by atoms with van der Waals surface area (Å²) in [6.45, 7) is 0. The lowest BCUT2D eigenvalue weighted by atomic mass is 9.96. The van der Waals surface area contributed by atoms with E-state index in [-0.39, 0.29) is 5.75 Å². The summed E-state index contributed by atoms with van der Waals surface area (Å²) in [7, 11) is 0. The molecule has 3 aromatic rings. The number of thiophene rings is 1. The highest BCUT2D eigenvalue weighted by Crippen LogP contribution is 2.39. The number of rotatable bonds is 2. The molecule has 0 bridgehead atoms. The van der Waals surface area contributed by atoms with Crippen molar-refractivity contribution in [2.75, 3.05) is 0 Å². The summed E-state index contributed by atoms with van der Waals surface area (Å²) in [5.74, 6) is 0.206. The fourth-order valence-corrected chi connectivity index (χ4v) is 4.48. The van der Waals surface area contributed by atoms with E-state index in [1.807, 2.05) is 30.3 Å². The van der Waals surface area contributed by atoms with E-state index in [0.717, 1.165) is 35.0 Å². The molecule has 24 heavy (non-hydrogen) atoms. The first-order valence-electron chi connectivity index (χ1n) is 8.07. The Morgan fingerprint density at radius 2 is 1.96 bits per heavy atom. The van der Waals surface area contributed by atoms with Gasteiger partial charge < -0.3 is 5.11 Å². The van der Waals surface area contributed by atoms with Gasteiger partial charge in [-0.1, -0.05) is 30.3 Å². The van der Waals surface area contributed by atoms with Gasteiger partial charge in [0.1, 0.15) is 16.8 Å². The second-order valence-electron chi connectivity index (χ2n) is 5.98. The van der Waals surface area contributed by atoms with Gasteiger partial charge in [0.15, 0.2) is 0 Å². The lowest BCUT2D eigenvalue weighted by Crippen LogP contribution is -1.99. The number of aromatic hydroxyl groups is 1. The number of phenols is 1. The van der Waals surface area contributed by atoms with Crippen LogP contribution >= 0.6 is 11.3 Å². The summed E-state index contributed by atoms with van der Waals surface area (Å²) in [6, 6.07) is 13.8. The molecule has 1 aromatic heterocycles. The SMILES string of the molecule is N#Cc1c(/N=C/c2c(O)ccc3ccccc23)sc2c1CCCC2. The van der Waals surface area contributed by atoms with Gasteiger partial charge in [-0.25, -0.2) is 4.99 Å². The fraction of sp³-hybridized carbons (Fsp3) is 0.200. The Labute approximate surface area is 144 Å². The molecule has 1 aliphatic rings. The number of fused-ring (bicyclic) bond motifs is 2. The molecule has 0 saturated heterocycles. The highest BCUT2D eigenvalue weighted by molar-refractivity contribution is 7.16. The molecule has 4 heteroatoms. The maximum absolute atomic E-state index is 10.2. The predicted octanol–water partition coefficient (Wildman–Crippen LogP) is 5.11. The van der Waals surface area contributed by atoms with Crippen LogP contribution < -0.4 is 0 Å². The smallest absolute Gasteiger partial charge is 0.134 e. The average molecular weight is 332 g/mol. The van der Waals surface area contributed by atoms with Crippen molar-refractivity contribution in [2.45, 2.75) is 25.7 Å². The molecule has 2 aromatic carbocycles. The summed E-state index contributed by atoms with van der Waals surface area (Å²) < 4.78 is 0. The van der Waals surface area contributed by atoms with Crippen LogP contribution in [-0.4, -0.2) is 11.3 Å². The number of aliphatic imine (C=N–C) groups is 1. The summed E-state index contributed by atoms with van der Waals surface area (Å²) in [4.78, 5) is 5.87. The first-order chi connectivity index (χ1) is 11.8. The minimum absolute atomic E-state index is 0.206. The zero-order valence-electron chi connectivity index (χ0n) is 13.1. The first kappa shape index (κ1) is 14.9. The fourth-order valence-electron chi connectivity index (χ4n) is 3.30. The van der Waals surface area contributed by atoms with Gasteiger partial charge in [0, 0.05) is 16.7 Å². The minimum atomic E-state index is 0.206. The monoisotopic (exact) mass is 332 g/mol. The Balaban J connectivity index is 1.81. The molecule has 0 fully saturated rings. The number of hydrogen-bond donors (Lipinski definition) is 1. The van der Waals surface area contributed by atoms with Crippen LogP contribution in [0.2, 0.25) is 0 Å². The molecule has 0 aliphatic heterocycles. The third-order valence-corrected chi connectivity index (χ3v) is 5.72. The molecular weight excluding hydrogens is 316 g/mol. The zero-order valence-corrected chi connectivity index (χ0v) is 13.9. The van der Waals surface area contributed by atoms with Crippen LogP contribution in [0.25, 0.3) is 10.8 Å². The Bertz CT molecular complexity index is 995. The van der Waals surface area contributed by atoms with Crippen LogP contribution in [0, 0.1) is 11.3 Å². The van der Waals surface area contributed by atoms with Crippen molar-refractivity contribution in [2.24, 2.45) is 4.99 Å². The van der Waals surface area contributed by atoms with E-state index in [1.54, 1.807) is 23.6 Å². The van der Waals surface area contributed by atoms with Gasteiger partial charge in [-0.3, -0.25) is 0 Å². The van der Waals surface area contributed by atoms with Crippen LogP contribution in [0.3, 0.4) is 0 Å². The maximum Gasteiger partial charge on any atom is 0.134 e. The van der Waals surface area contributed by atoms with Crippen molar-refractivity contribution in [1.82, 2.24) is 0 Å². The summed E-state index contributed by atoms with van der Waals surface area (Å²) >= 11 is 1.61. The summed E-state index contributed by atoms with van der Waals surface area (Å²) in [6.07, 6.45) is 6.04. The van der Waals surface area contributed by atoms with E-state index in [4.69, 9.17) is 0 Å². The molecule has 0 amide bonds. The third kappa shape index (κ3) is 2.47. The Kier molecular flexibility index (Phi) is 3.79. The van der Waals surface area contributed by atoms with Crippen molar-refractivity contribution in [3.05, 3.63) is 58.0 Å². The average Bonchev–Trinajstić information content (AvgIpc) is 2.98. The van der Waals surface area contributed by atoms with Gasteiger partial charge in [0.2, 0.25) is 0 Å². The van der Waals surface area contributed by atoms with Gasteiger partial charge in [-0.2, -0.15) is 5.26 Å². The molecule has 0 unspecified atom stereocenters. The van der Waals surface area contributed by atoms with Gasteiger partial charge in [-0.05, 0) is 48.1 Å². The van der Waals surface area contributed by atoms with Crippen LogP contribution in [0.4, 0.5) is 5.00 Å². The van der Waals surface area contributed by atoms with Crippen molar-refractivity contribution in [3.63, 3.8) is 0 Å². The highest BCUT2D eigenvalue weighted by Gasteiger charge is 2.20. The lowest BCUT2D eigenvalue weighted by molar-refractivity contribution is 0.475. The molecule has 0 radical (unpaired) electrons. The molecular formula is C20H16N2OS. The highest BCUT2D eigenvalue weighted by atomic mass is 32.1. The van der Waals surface area contributed by atoms with E-state index in [2.05, 4.69) is 11.1 Å². The Hall–Kier alpha value is -2.64. The summed E-state index contributed by atoms with van der Waals surface area (Å²) in [5.41, 5.74) is 2.59. The maximum atomic E-state index is 10.2. The number of aryl methyl sites for hydroxylation is 1. The van der Waals surface area contributed by atoms with E-state index < -0.39 is 0 Å². The Morgan fingerprint density at radius 1 is 1.12 bits per heavy atom. The standard InChI is InChI=1S/C20H16N2OS/c21-11-16-15-7-3-4-8-19(15)24-20(16)22-12-17-14-6-2-1-5-13(14)9-10-18(17)23/h1-2,5-6,9-10,12,23H,3-4,7-8H2/b22-12+. The molecule has 1 N–H and O–H groups in total. The van der Waals surface area contributed by atoms with E-state index >= 15 is 0 Å². The molecule has 118 valence electrons. The normalized spacial score (nSPS) is 14.0. The molecule has 1 heterocycles. The molecule has 0 saturated carbocycles. The largest absolute Gasteiger partial charge is 0.507 e. The van der Waals surface area contributed by atoms with Crippen LogP contribution in [-0.2, 0) is 12.8 Å². The number of nitriles is 1. The first-order valence-corrected chi connectivity index (χ1v) is 8.89. The van der Waals surface area contributed by atoms with E-state index in [1.165, 1.54) is 16.9 Å². The zero-order chi connectivity index (χ0) is 16.5. The lowest BCUT2D eigenvalue weighted by Gasteiger charge is -2.09. The number of benzene rings is 2. The van der Waals surface area contributed by atoms with Gasteiger partial charge in [0.25, 0.3) is 0 Å². The second kappa shape index (κ2) is 6.10. The quantitative estimate of drug-likeness (QED) is 0.663. The van der Waals surface area contributed by atoms with E-state index in [0.29, 0.717) is 11.1 Å². The predicted molar refractivity (Wildman–Crippen MR) is 98.5 cm³/mol. The van der Waals surface area contributed by atoms with Crippen molar-refractivity contribution in [1.29, 1.82) is 5.26 Å². The molecule has 4 rings (SSSR count). The van der Waals surface area contributed by atoms with Crippen LogP contribution in [0.15, 0.2) is 41.4 Å². The van der Waals surface area contributed by atoms with Crippen LogP contribution in [0.5, 0.6) is 5.75 Å². The molecule has 3 nitrogen and oxygen atoms in total. The molecule has 0 spiro atoms. The summed E-state index contributed by atoms with van der Waals surface area (Å²) in [5, 5.41) is 22.5. The van der Waals surface area contributed by atoms with Crippen molar-refractivity contribution in [3.8, 4) is 11.8 Å². The van der Waals surface area contributed by atoms with Gasteiger partial charge in [-0.15, -0.1) is 11.3 Å². The van der Waals surface area contributed by atoms with Crippen LogP contribution in [0.1, 0.15) is 34.4 Å². The number of nitrogens with zero attached hydrogens (tertiary/aromatic N) is 2.